The molecule has 1 unspecified atom stereocenters. The topological polar surface area (TPSA) is 55.1 Å². The highest BCUT2D eigenvalue weighted by atomic mass is 16.2. The fourth-order valence-electron chi connectivity index (χ4n) is 3.14. The van der Waals surface area contributed by atoms with Gasteiger partial charge in [-0.15, -0.1) is 0 Å². The molecule has 1 amide bonds. The highest BCUT2D eigenvalue weighted by Crippen LogP contribution is 2.45. The maximum atomic E-state index is 12.5. The van der Waals surface area contributed by atoms with Crippen LogP contribution in [-0.2, 0) is 4.79 Å². The fraction of sp³-hybridized carbons (Fsp3) is 0.562. The summed E-state index contributed by atoms with van der Waals surface area (Å²) in [5.74, 6) is 0.745. The van der Waals surface area contributed by atoms with E-state index in [1.54, 1.807) is 0 Å². The van der Waals surface area contributed by atoms with Crippen LogP contribution in [0.4, 0.5) is 0 Å². The van der Waals surface area contributed by atoms with Crippen LogP contribution in [0.15, 0.2) is 30.3 Å². The van der Waals surface area contributed by atoms with Crippen LogP contribution in [0.5, 0.6) is 0 Å². The van der Waals surface area contributed by atoms with Crippen molar-refractivity contribution in [2.75, 3.05) is 6.54 Å². The molecule has 3 nitrogen and oxygen atoms in total. The number of nitrogens with two attached hydrogens (primary N) is 1. The molecule has 0 spiro atoms. The summed E-state index contributed by atoms with van der Waals surface area (Å²) in [7, 11) is 0. The number of carbonyl (C=O) groups excluding carboxylic acids is 1. The maximum Gasteiger partial charge on any atom is 0.227 e. The second-order valence-corrected chi connectivity index (χ2v) is 5.84. The van der Waals surface area contributed by atoms with E-state index in [4.69, 9.17) is 5.73 Å². The fourth-order valence-corrected chi connectivity index (χ4v) is 3.14. The van der Waals surface area contributed by atoms with Crippen LogP contribution in [0.1, 0.15) is 44.7 Å². The molecule has 19 heavy (non-hydrogen) atoms. The summed E-state index contributed by atoms with van der Waals surface area (Å²) in [6.45, 7) is 4.72. The van der Waals surface area contributed by atoms with Gasteiger partial charge in [0, 0.05) is 6.54 Å². The van der Waals surface area contributed by atoms with Crippen LogP contribution >= 0.6 is 0 Å². The molecule has 104 valence electrons. The Bertz CT molecular complexity index is 424. The van der Waals surface area contributed by atoms with E-state index in [1.807, 2.05) is 18.2 Å². The monoisotopic (exact) mass is 260 g/mol. The number of rotatable bonds is 5. The van der Waals surface area contributed by atoms with Crippen molar-refractivity contribution in [2.24, 2.45) is 17.1 Å². The first-order valence-electron chi connectivity index (χ1n) is 7.17. The van der Waals surface area contributed by atoms with Crippen LogP contribution < -0.4 is 11.1 Å². The minimum absolute atomic E-state index is 0.0908. The smallest absolute Gasteiger partial charge is 0.227 e. The first-order chi connectivity index (χ1) is 9.11. The Morgan fingerprint density at radius 3 is 2.53 bits per heavy atom. The third-order valence-corrected chi connectivity index (χ3v) is 4.27. The molecule has 1 aliphatic carbocycles. The van der Waals surface area contributed by atoms with Crippen molar-refractivity contribution in [3.05, 3.63) is 35.9 Å². The molecule has 0 heterocycles. The molecule has 1 fully saturated rings. The molecule has 0 saturated heterocycles. The van der Waals surface area contributed by atoms with Gasteiger partial charge in [0.05, 0.1) is 11.5 Å². The predicted octanol–water partition coefficient (Wildman–Crippen LogP) is 2.63. The molecule has 3 heteroatoms. The Balaban J connectivity index is 2.05. The summed E-state index contributed by atoms with van der Waals surface area (Å²) in [6, 6.07) is 10.2. The van der Waals surface area contributed by atoms with Gasteiger partial charge >= 0.3 is 0 Å². The lowest BCUT2D eigenvalue weighted by atomic mass is 9.62. The highest BCUT2D eigenvalue weighted by molar-refractivity contribution is 5.84. The first kappa shape index (κ1) is 14.1. The van der Waals surface area contributed by atoms with Crippen molar-refractivity contribution in [1.82, 2.24) is 5.32 Å². The van der Waals surface area contributed by atoms with Crippen LogP contribution in [-0.4, -0.2) is 12.5 Å². The summed E-state index contributed by atoms with van der Waals surface area (Å²) in [4.78, 5) is 12.5. The minimum atomic E-state index is -0.318. The zero-order valence-electron chi connectivity index (χ0n) is 11.9. The molecule has 0 bridgehead atoms. The van der Waals surface area contributed by atoms with E-state index in [1.165, 1.54) is 0 Å². The lowest BCUT2D eigenvalue weighted by molar-refractivity contribution is -0.138. The van der Waals surface area contributed by atoms with Gasteiger partial charge in [-0.3, -0.25) is 4.79 Å². The van der Waals surface area contributed by atoms with Gasteiger partial charge < -0.3 is 11.1 Å². The van der Waals surface area contributed by atoms with E-state index >= 15 is 0 Å². The molecule has 3 N–H and O–H groups in total. The molecule has 0 aromatic heterocycles. The molecule has 1 aromatic carbocycles. The summed E-state index contributed by atoms with van der Waals surface area (Å²) < 4.78 is 0. The summed E-state index contributed by atoms with van der Waals surface area (Å²) in [5, 5.41) is 3.18. The Morgan fingerprint density at radius 1 is 1.42 bits per heavy atom. The lowest BCUT2D eigenvalue weighted by Gasteiger charge is -2.44. The highest BCUT2D eigenvalue weighted by Gasteiger charge is 2.47. The van der Waals surface area contributed by atoms with Gasteiger partial charge in [-0.25, -0.2) is 0 Å². The van der Waals surface area contributed by atoms with Crippen LogP contribution in [0, 0.1) is 11.3 Å². The third kappa shape index (κ3) is 2.81. The Hall–Kier alpha value is -1.35. The molecule has 0 radical (unpaired) electrons. The SMILES string of the molecule is CCC(NC(=O)C1(CN)CC(C)C1)c1ccccc1. The Labute approximate surface area is 115 Å². The predicted molar refractivity (Wildman–Crippen MR) is 77.5 cm³/mol. The van der Waals surface area contributed by atoms with Crippen molar-refractivity contribution in [2.45, 2.75) is 39.2 Å². The first-order valence-corrected chi connectivity index (χ1v) is 7.17. The summed E-state index contributed by atoms with van der Waals surface area (Å²) >= 11 is 0. The molecule has 1 atom stereocenters. The van der Waals surface area contributed by atoms with Crippen molar-refractivity contribution in [3.8, 4) is 0 Å². The van der Waals surface area contributed by atoms with E-state index in [0.717, 1.165) is 24.8 Å². The van der Waals surface area contributed by atoms with Gasteiger partial charge in [0.2, 0.25) is 5.91 Å². The average Bonchev–Trinajstić information content (AvgIpc) is 2.41. The van der Waals surface area contributed by atoms with E-state index in [2.05, 4.69) is 31.3 Å². The normalized spacial score (nSPS) is 27.4. The van der Waals surface area contributed by atoms with E-state index in [-0.39, 0.29) is 17.4 Å². The van der Waals surface area contributed by atoms with E-state index < -0.39 is 0 Å². The van der Waals surface area contributed by atoms with Gasteiger partial charge in [0.15, 0.2) is 0 Å². The van der Waals surface area contributed by atoms with Crippen molar-refractivity contribution < 1.29 is 4.79 Å². The largest absolute Gasteiger partial charge is 0.349 e. The molecule has 2 rings (SSSR count). The number of nitrogens with one attached hydrogen (secondary N) is 1. The van der Waals surface area contributed by atoms with E-state index in [0.29, 0.717) is 12.5 Å². The average molecular weight is 260 g/mol. The van der Waals surface area contributed by atoms with Crippen LogP contribution in [0.2, 0.25) is 0 Å². The Morgan fingerprint density at radius 2 is 2.05 bits per heavy atom. The van der Waals surface area contributed by atoms with Crippen molar-refractivity contribution in [1.29, 1.82) is 0 Å². The van der Waals surface area contributed by atoms with Gasteiger partial charge in [-0.1, -0.05) is 44.2 Å². The zero-order valence-corrected chi connectivity index (χ0v) is 11.9. The van der Waals surface area contributed by atoms with Crippen molar-refractivity contribution in [3.63, 3.8) is 0 Å². The second-order valence-electron chi connectivity index (χ2n) is 5.84. The lowest BCUT2D eigenvalue weighted by Crippen LogP contribution is -2.53. The number of hydrogen-bond acceptors (Lipinski definition) is 2. The minimum Gasteiger partial charge on any atom is -0.349 e. The number of carbonyl (C=O) groups is 1. The summed E-state index contributed by atoms with van der Waals surface area (Å²) in [5.41, 5.74) is 6.67. The molecular formula is C16H24N2O. The number of benzene rings is 1. The van der Waals surface area contributed by atoms with E-state index in [9.17, 15) is 4.79 Å². The zero-order chi connectivity index (χ0) is 13.9. The van der Waals surface area contributed by atoms with Crippen molar-refractivity contribution >= 4 is 5.91 Å². The summed E-state index contributed by atoms with van der Waals surface area (Å²) in [6.07, 6.45) is 2.73. The third-order valence-electron chi connectivity index (χ3n) is 4.27. The van der Waals surface area contributed by atoms with Gasteiger partial charge in [-0.2, -0.15) is 0 Å². The van der Waals surface area contributed by atoms with Gasteiger partial charge in [0.1, 0.15) is 0 Å². The van der Waals surface area contributed by atoms with Gasteiger partial charge in [-0.05, 0) is 30.7 Å². The molecule has 0 aliphatic heterocycles. The number of amides is 1. The van der Waals surface area contributed by atoms with Crippen LogP contribution in [0.3, 0.4) is 0 Å². The molecule has 1 saturated carbocycles. The number of hydrogen-bond donors (Lipinski definition) is 2. The van der Waals surface area contributed by atoms with Crippen LogP contribution in [0.25, 0.3) is 0 Å². The quantitative estimate of drug-likeness (QED) is 0.855. The maximum absolute atomic E-state index is 12.5. The second kappa shape index (κ2) is 5.74. The standard InChI is InChI=1S/C16H24N2O/c1-3-14(13-7-5-4-6-8-13)18-15(19)16(11-17)9-12(2)10-16/h4-8,12,14H,3,9-11,17H2,1-2H3,(H,18,19). The Kier molecular flexibility index (Phi) is 4.25. The molecule has 1 aromatic rings. The molecular weight excluding hydrogens is 236 g/mol. The van der Waals surface area contributed by atoms with Gasteiger partial charge in [0.25, 0.3) is 0 Å². The molecule has 1 aliphatic rings.